The number of benzene rings is 2. The van der Waals surface area contributed by atoms with Crippen LogP contribution in [0, 0.1) is 0 Å². The van der Waals surface area contributed by atoms with Gasteiger partial charge in [-0.15, -0.1) is 0 Å². The summed E-state index contributed by atoms with van der Waals surface area (Å²) in [5, 5.41) is 14.7. The van der Waals surface area contributed by atoms with Crippen LogP contribution in [0.4, 0.5) is 0 Å². The van der Waals surface area contributed by atoms with Crippen molar-refractivity contribution >= 4 is 32.7 Å². The number of carbonyl (C=O) groups is 1. The monoisotopic (exact) mass is 347 g/mol. The minimum Gasteiger partial charge on any atom is -0.496 e. The third-order valence-electron chi connectivity index (χ3n) is 3.14. The van der Waals surface area contributed by atoms with Gasteiger partial charge in [0, 0.05) is 10.5 Å². The van der Waals surface area contributed by atoms with Crippen LogP contribution in [-0.2, 0) is 0 Å². The predicted octanol–water partition coefficient (Wildman–Crippen LogP) is 3.96. The molecule has 1 aromatic heterocycles. The Balaban J connectivity index is 2.29. The number of hydrogen-bond acceptors (Lipinski definition) is 4. The Hall–Kier alpha value is -2.34. The normalized spacial score (nSPS) is 10.8. The van der Waals surface area contributed by atoms with Crippen LogP contribution in [0.25, 0.3) is 22.0 Å². The molecular weight excluding hydrogens is 338 g/mol. The van der Waals surface area contributed by atoms with Gasteiger partial charge in [-0.1, -0.05) is 33.2 Å². The van der Waals surface area contributed by atoms with Crippen molar-refractivity contribution in [1.29, 1.82) is 0 Å². The molecule has 0 saturated heterocycles. The third kappa shape index (κ3) is 2.38. The Bertz CT molecular complexity index is 841. The van der Waals surface area contributed by atoms with Crippen LogP contribution in [0.1, 0.15) is 10.6 Å². The molecule has 0 aliphatic heterocycles. The molecule has 0 fully saturated rings. The van der Waals surface area contributed by atoms with E-state index in [-0.39, 0.29) is 5.76 Å². The number of aromatic nitrogens is 1. The zero-order valence-corrected chi connectivity index (χ0v) is 12.5. The van der Waals surface area contributed by atoms with E-state index in [9.17, 15) is 4.79 Å². The highest BCUT2D eigenvalue weighted by Crippen LogP contribution is 2.37. The van der Waals surface area contributed by atoms with E-state index in [0.29, 0.717) is 17.0 Å². The summed E-state index contributed by atoms with van der Waals surface area (Å²) < 4.78 is 11.2. The van der Waals surface area contributed by atoms with Crippen molar-refractivity contribution in [2.24, 2.45) is 0 Å². The van der Waals surface area contributed by atoms with Crippen LogP contribution in [0.5, 0.6) is 5.75 Å². The second-order valence-corrected chi connectivity index (χ2v) is 5.31. The lowest BCUT2D eigenvalue weighted by Crippen LogP contribution is -1.92. The van der Waals surface area contributed by atoms with Gasteiger partial charge < -0.3 is 14.4 Å². The minimum atomic E-state index is -1.16. The lowest BCUT2D eigenvalue weighted by Gasteiger charge is -2.10. The molecule has 0 spiro atoms. The molecule has 6 heteroatoms. The van der Waals surface area contributed by atoms with Gasteiger partial charge in [-0.3, -0.25) is 0 Å². The topological polar surface area (TPSA) is 72.6 Å². The zero-order chi connectivity index (χ0) is 15.0. The summed E-state index contributed by atoms with van der Waals surface area (Å²) in [6, 6.07) is 10.9. The van der Waals surface area contributed by atoms with Gasteiger partial charge in [0.2, 0.25) is 5.76 Å². The molecule has 21 heavy (non-hydrogen) atoms. The van der Waals surface area contributed by atoms with Gasteiger partial charge in [-0.05, 0) is 29.0 Å². The maximum absolute atomic E-state index is 10.9. The Morgan fingerprint density at radius 2 is 2.10 bits per heavy atom. The quantitative estimate of drug-likeness (QED) is 0.776. The highest BCUT2D eigenvalue weighted by molar-refractivity contribution is 9.10. The van der Waals surface area contributed by atoms with Gasteiger partial charge in [0.15, 0.2) is 0 Å². The van der Waals surface area contributed by atoms with Gasteiger partial charge in [-0.2, -0.15) is 0 Å². The first-order valence-corrected chi connectivity index (χ1v) is 6.86. The summed E-state index contributed by atoms with van der Waals surface area (Å²) in [7, 11) is 1.56. The molecule has 0 aliphatic carbocycles. The SMILES string of the molecule is COc1ccc2cc(Br)ccc2c1-c1cc(C(=O)O)on1. The first kappa shape index (κ1) is 13.6. The largest absolute Gasteiger partial charge is 0.496 e. The van der Waals surface area contributed by atoms with E-state index in [1.807, 2.05) is 30.3 Å². The highest BCUT2D eigenvalue weighted by Gasteiger charge is 2.18. The molecule has 0 bridgehead atoms. The third-order valence-corrected chi connectivity index (χ3v) is 3.63. The lowest BCUT2D eigenvalue weighted by molar-refractivity contribution is 0.0652. The van der Waals surface area contributed by atoms with Crippen LogP contribution in [0.2, 0.25) is 0 Å². The summed E-state index contributed by atoms with van der Waals surface area (Å²) in [6.45, 7) is 0. The van der Waals surface area contributed by atoms with Gasteiger partial charge in [0.25, 0.3) is 0 Å². The van der Waals surface area contributed by atoms with E-state index in [0.717, 1.165) is 15.2 Å². The number of halogens is 1. The zero-order valence-electron chi connectivity index (χ0n) is 11.0. The number of hydrogen-bond donors (Lipinski definition) is 1. The molecule has 3 aromatic rings. The maximum atomic E-state index is 10.9. The molecule has 3 rings (SSSR count). The van der Waals surface area contributed by atoms with Crippen molar-refractivity contribution < 1.29 is 19.2 Å². The summed E-state index contributed by atoms with van der Waals surface area (Å²) >= 11 is 3.43. The second kappa shape index (κ2) is 5.21. The lowest BCUT2D eigenvalue weighted by atomic mass is 10.0. The Labute approximate surface area is 128 Å². The van der Waals surface area contributed by atoms with E-state index in [1.165, 1.54) is 6.07 Å². The Morgan fingerprint density at radius 3 is 2.76 bits per heavy atom. The van der Waals surface area contributed by atoms with Crippen LogP contribution < -0.4 is 4.74 Å². The molecule has 2 aromatic carbocycles. The molecular formula is C15H10BrNO4. The number of ether oxygens (including phenoxy) is 1. The number of carboxylic acid groups (broad SMARTS) is 1. The van der Waals surface area contributed by atoms with Gasteiger partial charge in [-0.25, -0.2) is 4.79 Å². The number of nitrogens with zero attached hydrogens (tertiary/aromatic N) is 1. The number of carboxylic acids is 1. The molecule has 0 atom stereocenters. The summed E-state index contributed by atoms with van der Waals surface area (Å²) in [6.07, 6.45) is 0. The molecule has 5 nitrogen and oxygen atoms in total. The van der Waals surface area contributed by atoms with Crippen molar-refractivity contribution in [3.8, 4) is 17.0 Å². The van der Waals surface area contributed by atoms with E-state index in [4.69, 9.17) is 14.4 Å². The molecule has 0 unspecified atom stereocenters. The van der Waals surface area contributed by atoms with Crippen molar-refractivity contribution in [2.75, 3.05) is 7.11 Å². The van der Waals surface area contributed by atoms with Crippen molar-refractivity contribution in [1.82, 2.24) is 5.16 Å². The summed E-state index contributed by atoms with van der Waals surface area (Å²) in [5.74, 6) is -0.757. The second-order valence-electron chi connectivity index (χ2n) is 4.39. The first-order chi connectivity index (χ1) is 10.1. The van der Waals surface area contributed by atoms with E-state index < -0.39 is 5.97 Å². The predicted molar refractivity (Wildman–Crippen MR) is 80.7 cm³/mol. The molecule has 1 N–H and O–H groups in total. The molecule has 0 radical (unpaired) electrons. The molecule has 0 amide bonds. The number of rotatable bonds is 3. The van der Waals surface area contributed by atoms with E-state index >= 15 is 0 Å². The standard InChI is InChI=1S/C15H10BrNO4/c1-20-12-5-2-8-6-9(16)3-4-10(8)14(12)11-7-13(15(18)19)21-17-11/h2-7H,1H3,(H,18,19). The Kier molecular flexibility index (Phi) is 3.39. The summed E-state index contributed by atoms with van der Waals surface area (Å²) in [5.41, 5.74) is 1.14. The Morgan fingerprint density at radius 1 is 1.29 bits per heavy atom. The van der Waals surface area contributed by atoms with E-state index in [1.54, 1.807) is 7.11 Å². The van der Waals surface area contributed by atoms with Crippen molar-refractivity contribution in [3.05, 3.63) is 46.6 Å². The molecule has 0 saturated carbocycles. The average Bonchev–Trinajstić information content (AvgIpc) is 2.95. The fourth-order valence-corrected chi connectivity index (χ4v) is 2.59. The number of methoxy groups -OCH3 is 1. The van der Waals surface area contributed by atoms with Crippen LogP contribution in [0.3, 0.4) is 0 Å². The van der Waals surface area contributed by atoms with Gasteiger partial charge >= 0.3 is 5.97 Å². The van der Waals surface area contributed by atoms with Gasteiger partial charge in [0.1, 0.15) is 11.4 Å². The molecule has 1 heterocycles. The van der Waals surface area contributed by atoms with Crippen LogP contribution in [0.15, 0.2) is 45.4 Å². The first-order valence-electron chi connectivity index (χ1n) is 6.07. The molecule has 106 valence electrons. The fraction of sp³-hybridized carbons (Fsp3) is 0.0667. The average molecular weight is 348 g/mol. The number of fused-ring (bicyclic) bond motifs is 1. The molecule has 0 aliphatic rings. The highest BCUT2D eigenvalue weighted by atomic mass is 79.9. The van der Waals surface area contributed by atoms with E-state index in [2.05, 4.69) is 21.1 Å². The van der Waals surface area contributed by atoms with Crippen molar-refractivity contribution in [2.45, 2.75) is 0 Å². The summed E-state index contributed by atoms with van der Waals surface area (Å²) in [4.78, 5) is 10.9. The van der Waals surface area contributed by atoms with Crippen molar-refractivity contribution in [3.63, 3.8) is 0 Å². The maximum Gasteiger partial charge on any atom is 0.374 e. The number of aromatic carboxylic acids is 1. The van der Waals surface area contributed by atoms with Crippen LogP contribution >= 0.6 is 15.9 Å². The minimum absolute atomic E-state index is 0.207. The van der Waals surface area contributed by atoms with Gasteiger partial charge in [0.05, 0.1) is 12.7 Å². The smallest absolute Gasteiger partial charge is 0.374 e. The van der Waals surface area contributed by atoms with Crippen LogP contribution in [-0.4, -0.2) is 23.3 Å². The fourth-order valence-electron chi connectivity index (χ4n) is 2.21.